The van der Waals surface area contributed by atoms with Crippen molar-refractivity contribution in [1.82, 2.24) is 0 Å². The monoisotopic (exact) mass is 208 g/mol. The Morgan fingerprint density at radius 3 is 2.33 bits per heavy atom. The van der Waals surface area contributed by atoms with Crippen molar-refractivity contribution in [2.24, 2.45) is 0 Å². The molecular weight excluding hydrogens is 188 g/mol. The van der Waals surface area contributed by atoms with Crippen molar-refractivity contribution in [3.63, 3.8) is 0 Å². The first-order valence-electron chi connectivity index (χ1n) is 5.59. The van der Waals surface area contributed by atoms with Gasteiger partial charge in [0.25, 0.3) is 0 Å². The third kappa shape index (κ3) is 4.84. The summed E-state index contributed by atoms with van der Waals surface area (Å²) in [6, 6.07) is 8.20. The molecule has 0 aliphatic carbocycles. The number of unbranched alkanes of at least 4 members (excludes halogenated alkanes) is 1. The van der Waals surface area contributed by atoms with E-state index >= 15 is 0 Å². The van der Waals surface area contributed by atoms with Crippen LogP contribution in [0, 0.1) is 0 Å². The van der Waals surface area contributed by atoms with Gasteiger partial charge in [-0.25, -0.2) is 0 Å². The van der Waals surface area contributed by atoms with E-state index < -0.39 is 0 Å². The van der Waals surface area contributed by atoms with Crippen molar-refractivity contribution in [2.45, 2.75) is 39.2 Å². The first-order valence-corrected chi connectivity index (χ1v) is 5.59. The molecule has 0 aliphatic heterocycles. The Labute approximate surface area is 91.9 Å². The molecule has 84 valence electrons. The lowest BCUT2D eigenvalue weighted by Gasteiger charge is -2.09. The predicted octanol–water partition coefficient (Wildman–Crippen LogP) is 2.79. The Balaban J connectivity index is 2.42. The minimum absolute atomic E-state index is 0.227. The van der Waals surface area contributed by atoms with E-state index in [-0.39, 0.29) is 12.7 Å². The molecule has 0 amide bonds. The molecule has 2 heteroatoms. The molecule has 0 spiro atoms. The van der Waals surface area contributed by atoms with Crippen molar-refractivity contribution >= 4 is 0 Å². The van der Waals surface area contributed by atoms with Gasteiger partial charge in [0.2, 0.25) is 0 Å². The third-order valence-electron chi connectivity index (χ3n) is 2.17. The summed E-state index contributed by atoms with van der Waals surface area (Å²) in [5.74, 6) is 0.927. The number of hydrogen-bond donors (Lipinski definition) is 1. The maximum Gasteiger partial charge on any atom is 0.119 e. The zero-order valence-corrected chi connectivity index (χ0v) is 9.57. The van der Waals surface area contributed by atoms with Gasteiger partial charge in [0, 0.05) is 6.61 Å². The molecule has 0 aromatic heterocycles. The SMILES string of the molecule is CC(C)Oc1ccc(CCCCO)cc1. The second kappa shape index (κ2) is 6.46. The number of aliphatic hydroxyl groups is 1. The van der Waals surface area contributed by atoms with Crippen LogP contribution in [-0.2, 0) is 6.42 Å². The van der Waals surface area contributed by atoms with E-state index in [1.165, 1.54) is 5.56 Å². The van der Waals surface area contributed by atoms with Crippen LogP contribution in [0.25, 0.3) is 0 Å². The van der Waals surface area contributed by atoms with E-state index in [1.54, 1.807) is 0 Å². The molecular formula is C13H20O2. The third-order valence-corrected chi connectivity index (χ3v) is 2.17. The predicted molar refractivity (Wildman–Crippen MR) is 62.2 cm³/mol. The zero-order chi connectivity index (χ0) is 11.1. The number of ether oxygens (including phenoxy) is 1. The highest BCUT2D eigenvalue weighted by Crippen LogP contribution is 2.15. The molecule has 0 bridgehead atoms. The molecule has 1 N–H and O–H groups in total. The quantitative estimate of drug-likeness (QED) is 0.728. The number of rotatable bonds is 6. The fraction of sp³-hybridized carbons (Fsp3) is 0.538. The number of hydrogen-bond acceptors (Lipinski definition) is 2. The lowest BCUT2D eigenvalue weighted by Crippen LogP contribution is -2.05. The van der Waals surface area contributed by atoms with Gasteiger partial charge in [-0.15, -0.1) is 0 Å². The smallest absolute Gasteiger partial charge is 0.119 e. The van der Waals surface area contributed by atoms with Crippen LogP contribution in [0.4, 0.5) is 0 Å². The fourth-order valence-corrected chi connectivity index (χ4v) is 1.45. The van der Waals surface area contributed by atoms with Crippen LogP contribution in [0.1, 0.15) is 32.3 Å². The van der Waals surface area contributed by atoms with Gasteiger partial charge in [0.1, 0.15) is 5.75 Å². The summed E-state index contributed by atoms with van der Waals surface area (Å²) in [4.78, 5) is 0. The summed E-state index contributed by atoms with van der Waals surface area (Å²) in [5.41, 5.74) is 1.31. The largest absolute Gasteiger partial charge is 0.491 e. The molecule has 0 heterocycles. The van der Waals surface area contributed by atoms with Crippen molar-refractivity contribution < 1.29 is 9.84 Å². The summed E-state index contributed by atoms with van der Waals surface area (Å²) in [6.45, 7) is 4.33. The molecule has 0 fully saturated rings. The van der Waals surface area contributed by atoms with Gasteiger partial charge in [-0.2, -0.15) is 0 Å². The summed E-state index contributed by atoms with van der Waals surface area (Å²) >= 11 is 0. The zero-order valence-electron chi connectivity index (χ0n) is 9.57. The molecule has 0 unspecified atom stereocenters. The van der Waals surface area contributed by atoms with E-state index in [0.29, 0.717) is 0 Å². The van der Waals surface area contributed by atoms with Gasteiger partial charge >= 0.3 is 0 Å². The number of aliphatic hydroxyl groups excluding tert-OH is 1. The van der Waals surface area contributed by atoms with Crippen LogP contribution in [0.15, 0.2) is 24.3 Å². The van der Waals surface area contributed by atoms with Crippen molar-refractivity contribution in [3.8, 4) is 5.75 Å². The highest BCUT2D eigenvalue weighted by molar-refractivity contribution is 5.27. The standard InChI is InChI=1S/C13H20O2/c1-11(2)15-13-8-6-12(7-9-13)5-3-4-10-14/h6-9,11,14H,3-5,10H2,1-2H3. The summed E-state index contributed by atoms with van der Waals surface area (Å²) in [7, 11) is 0. The summed E-state index contributed by atoms with van der Waals surface area (Å²) in [5, 5.41) is 8.67. The van der Waals surface area contributed by atoms with Gasteiger partial charge in [-0.1, -0.05) is 12.1 Å². The van der Waals surface area contributed by atoms with E-state index in [0.717, 1.165) is 25.0 Å². The molecule has 0 saturated heterocycles. The van der Waals surface area contributed by atoms with E-state index in [1.807, 2.05) is 26.0 Å². The fourth-order valence-electron chi connectivity index (χ4n) is 1.45. The maximum atomic E-state index is 8.67. The van der Waals surface area contributed by atoms with Gasteiger partial charge in [0.05, 0.1) is 6.10 Å². The van der Waals surface area contributed by atoms with Gasteiger partial charge in [-0.3, -0.25) is 0 Å². The Hall–Kier alpha value is -1.02. The van der Waals surface area contributed by atoms with Crippen molar-refractivity contribution in [1.29, 1.82) is 0 Å². The second-order valence-electron chi connectivity index (χ2n) is 3.99. The molecule has 1 aromatic rings. The first-order chi connectivity index (χ1) is 7.22. The Kier molecular flexibility index (Phi) is 5.19. The molecule has 2 nitrogen and oxygen atoms in total. The molecule has 1 aromatic carbocycles. The minimum Gasteiger partial charge on any atom is -0.491 e. The lowest BCUT2D eigenvalue weighted by atomic mass is 10.1. The Bertz CT molecular complexity index is 264. The van der Waals surface area contributed by atoms with E-state index in [4.69, 9.17) is 9.84 Å². The van der Waals surface area contributed by atoms with Crippen LogP contribution in [0.5, 0.6) is 5.75 Å². The van der Waals surface area contributed by atoms with Crippen molar-refractivity contribution in [3.05, 3.63) is 29.8 Å². The Morgan fingerprint density at radius 2 is 1.80 bits per heavy atom. The van der Waals surface area contributed by atoms with E-state index in [9.17, 15) is 0 Å². The lowest BCUT2D eigenvalue weighted by molar-refractivity contribution is 0.242. The molecule has 0 saturated carbocycles. The van der Waals surface area contributed by atoms with Crippen LogP contribution < -0.4 is 4.74 Å². The molecule has 1 rings (SSSR count). The second-order valence-corrected chi connectivity index (χ2v) is 3.99. The average Bonchev–Trinajstić information content (AvgIpc) is 2.20. The molecule has 0 atom stereocenters. The average molecular weight is 208 g/mol. The molecule has 0 aliphatic rings. The summed E-state index contributed by atoms with van der Waals surface area (Å²) in [6.07, 6.45) is 3.18. The highest BCUT2D eigenvalue weighted by Gasteiger charge is 1.98. The molecule has 15 heavy (non-hydrogen) atoms. The van der Waals surface area contributed by atoms with Gasteiger partial charge < -0.3 is 9.84 Å². The van der Waals surface area contributed by atoms with Gasteiger partial charge in [0.15, 0.2) is 0 Å². The maximum absolute atomic E-state index is 8.67. The van der Waals surface area contributed by atoms with E-state index in [2.05, 4.69) is 12.1 Å². The minimum atomic E-state index is 0.227. The first kappa shape index (κ1) is 12.1. The van der Waals surface area contributed by atoms with Gasteiger partial charge in [-0.05, 0) is 50.8 Å². The normalized spacial score (nSPS) is 10.7. The van der Waals surface area contributed by atoms with Crippen LogP contribution in [-0.4, -0.2) is 17.8 Å². The van der Waals surface area contributed by atoms with Crippen molar-refractivity contribution in [2.75, 3.05) is 6.61 Å². The number of aryl methyl sites for hydroxylation is 1. The summed E-state index contributed by atoms with van der Waals surface area (Å²) < 4.78 is 5.55. The van der Waals surface area contributed by atoms with Crippen LogP contribution in [0.3, 0.4) is 0 Å². The number of benzene rings is 1. The molecule has 0 radical (unpaired) electrons. The van der Waals surface area contributed by atoms with Crippen LogP contribution >= 0.6 is 0 Å². The Morgan fingerprint density at radius 1 is 1.13 bits per heavy atom. The highest BCUT2D eigenvalue weighted by atomic mass is 16.5. The topological polar surface area (TPSA) is 29.5 Å². The van der Waals surface area contributed by atoms with Crippen LogP contribution in [0.2, 0.25) is 0 Å².